The second-order valence-corrected chi connectivity index (χ2v) is 4.23. The first-order valence-corrected chi connectivity index (χ1v) is 5.99. The molecule has 2 unspecified atom stereocenters. The monoisotopic (exact) mass is 268 g/mol. The van der Waals surface area contributed by atoms with Gasteiger partial charge in [-0.2, -0.15) is 0 Å². The number of nitrogens with one attached hydrogen (secondary N) is 1. The number of benzene rings is 1. The quantitative estimate of drug-likeness (QED) is 0.692. The van der Waals surface area contributed by atoms with Gasteiger partial charge < -0.3 is 10.8 Å². The summed E-state index contributed by atoms with van der Waals surface area (Å²) in [7, 11) is 0. The molecular weight excluding hydrogens is 251 g/mol. The van der Waals surface area contributed by atoms with Gasteiger partial charge in [0.1, 0.15) is 17.9 Å². The van der Waals surface area contributed by atoms with Crippen molar-refractivity contribution in [2.45, 2.75) is 31.8 Å². The molecule has 0 fully saturated rings. The fourth-order valence-corrected chi connectivity index (χ4v) is 1.77. The van der Waals surface area contributed by atoms with Crippen LogP contribution in [0.15, 0.2) is 24.3 Å². The summed E-state index contributed by atoms with van der Waals surface area (Å²) in [4.78, 5) is 22.5. The standard InChI is InChI=1S/C13H17FN2O3/c1-2-3-10(13(18)19)16-11(12(15)17)8-4-6-9(14)7-5-8/h4-7,10-11,16H,2-3H2,1H3,(H2,15,17)(H,18,19). The molecule has 0 saturated heterocycles. The van der Waals surface area contributed by atoms with Gasteiger partial charge in [-0.15, -0.1) is 0 Å². The van der Waals surface area contributed by atoms with Crippen molar-refractivity contribution in [2.24, 2.45) is 5.73 Å². The maximum atomic E-state index is 12.8. The molecule has 0 radical (unpaired) electrons. The number of halogens is 1. The summed E-state index contributed by atoms with van der Waals surface area (Å²) >= 11 is 0. The number of carbonyl (C=O) groups is 2. The van der Waals surface area contributed by atoms with Gasteiger partial charge in [-0.25, -0.2) is 4.39 Å². The molecule has 19 heavy (non-hydrogen) atoms. The van der Waals surface area contributed by atoms with E-state index in [1.54, 1.807) is 0 Å². The summed E-state index contributed by atoms with van der Waals surface area (Å²) < 4.78 is 12.8. The van der Waals surface area contributed by atoms with Crippen LogP contribution in [-0.2, 0) is 9.59 Å². The molecule has 1 aromatic rings. The highest BCUT2D eigenvalue weighted by atomic mass is 19.1. The molecule has 1 aromatic carbocycles. The van der Waals surface area contributed by atoms with Gasteiger partial charge in [0, 0.05) is 0 Å². The molecule has 0 saturated carbocycles. The molecule has 0 aliphatic carbocycles. The number of carbonyl (C=O) groups excluding carboxylic acids is 1. The molecular formula is C13H17FN2O3. The lowest BCUT2D eigenvalue weighted by molar-refractivity contribution is -0.140. The van der Waals surface area contributed by atoms with Gasteiger partial charge in [0.2, 0.25) is 5.91 Å². The zero-order valence-electron chi connectivity index (χ0n) is 10.6. The molecule has 0 aliphatic rings. The van der Waals surface area contributed by atoms with Crippen LogP contribution < -0.4 is 11.1 Å². The second-order valence-electron chi connectivity index (χ2n) is 4.23. The average Bonchev–Trinajstić information content (AvgIpc) is 2.35. The highest BCUT2D eigenvalue weighted by Gasteiger charge is 2.25. The van der Waals surface area contributed by atoms with Gasteiger partial charge in [-0.3, -0.25) is 14.9 Å². The van der Waals surface area contributed by atoms with Crippen molar-refractivity contribution < 1.29 is 19.1 Å². The Bertz CT molecular complexity index is 448. The fourth-order valence-electron chi connectivity index (χ4n) is 1.77. The number of carboxylic acids is 1. The average molecular weight is 268 g/mol. The third kappa shape index (κ3) is 4.33. The van der Waals surface area contributed by atoms with Crippen molar-refractivity contribution in [2.75, 3.05) is 0 Å². The number of carboxylic acid groups (broad SMARTS) is 1. The Balaban J connectivity index is 2.91. The molecule has 0 spiro atoms. The molecule has 1 rings (SSSR count). The predicted molar refractivity (Wildman–Crippen MR) is 67.8 cm³/mol. The Hall–Kier alpha value is -1.95. The van der Waals surface area contributed by atoms with E-state index in [1.165, 1.54) is 24.3 Å². The molecule has 6 heteroatoms. The summed E-state index contributed by atoms with van der Waals surface area (Å²) in [6.45, 7) is 1.84. The molecule has 4 N–H and O–H groups in total. The van der Waals surface area contributed by atoms with Crippen LogP contribution in [0, 0.1) is 5.82 Å². The molecule has 0 heterocycles. The van der Waals surface area contributed by atoms with Crippen LogP contribution in [0.5, 0.6) is 0 Å². The minimum atomic E-state index is -1.05. The second kappa shape index (κ2) is 6.84. The Morgan fingerprint density at radius 1 is 1.37 bits per heavy atom. The van der Waals surface area contributed by atoms with Crippen LogP contribution in [0.4, 0.5) is 4.39 Å². The summed E-state index contributed by atoms with van der Waals surface area (Å²) in [6.07, 6.45) is 1.03. The van der Waals surface area contributed by atoms with E-state index in [-0.39, 0.29) is 0 Å². The first-order chi connectivity index (χ1) is 8.95. The van der Waals surface area contributed by atoms with Crippen molar-refractivity contribution in [1.82, 2.24) is 5.32 Å². The van der Waals surface area contributed by atoms with Crippen molar-refractivity contribution >= 4 is 11.9 Å². The van der Waals surface area contributed by atoms with Crippen LogP contribution >= 0.6 is 0 Å². The van der Waals surface area contributed by atoms with Crippen molar-refractivity contribution in [3.05, 3.63) is 35.6 Å². The van der Waals surface area contributed by atoms with E-state index in [4.69, 9.17) is 10.8 Å². The smallest absolute Gasteiger partial charge is 0.320 e. The number of primary amides is 1. The first kappa shape index (κ1) is 15.1. The van der Waals surface area contributed by atoms with Gasteiger partial charge in [0.25, 0.3) is 0 Å². The molecule has 104 valence electrons. The topological polar surface area (TPSA) is 92.4 Å². The van der Waals surface area contributed by atoms with E-state index in [0.29, 0.717) is 18.4 Å². The van der Waals surface area contributed by atoms with E-state index in [1.807, 2.05) is 6.92 Å². The van der Waals surface area contributed by atoms with Crippen LogP contribution in [0.3, 0.4) is 0 Å². The lowest BCUT2D eigenvalue weighted by Crippen LogP contribution is -2.44. The normalized spacial score (nSPS) is 13.8. The summed E-state index contributed by atoms with van der Waals surface area (Å²) in [5.74, 6) is -2.18. The number of nitrogens with two attached hydrogens (primary N) is 1. The van der Waals surface area contributed by atoms with Crippen molar-refractivity contribution in [3.8, 4) is 0 Å². The molecule has 5 nitrogen and oxygen atoms in total. The van der Waals surface area contributed by atoms with E-state index < -0.39 is 29.8 Å². The zero-order valence-corrected chi connectivity index (χ0v) is 10.6. The Morgan fingerprint density at radius 3 is 2.37 bits per heavy atom. The number of amides is 1. The fraction of sp³-hybridized carbons (Fsp3) is 0.385. The molecule has 1 amide bonds. The van der Waals surface area contributed by atoms with E-state index in [0.717, 1.165) is 0 Å². The van der Waals surface area contributed by atoms with E-state index in [2.05, 4.69) is 5.32 Å². The highest BCUT2D eigenvalue weighted by Crippen LogP contribution is 2.15. The van der Waals surface area contributed by atoms with Crippen LogP contribution in [0.25, 0.3) is 0 Å². The third-order valence-electron chi connectivity index (χ3n) is 2.73. The van der Waals surface area contributed by atoms with Gasteiger partial charge in [-0.05, 0) is 24.1 Å². The molecule has 0 aromatic heterocycles. The summed E-state index contributed by atoms with van der Waals surface area (Å²) in [5.41, 5.74) is 5.70. The zero-order chi connectivity index (χ0) is 14.4. The Kier molecular flexibility index (Phi) is 5.44. The summed E-state index contributed by atoms with van der Waals surface area (Å²) in [6, 6.07) is 3.39. The SMILES string of the molecule is CCCC(NC(C(N)=O)c1ccc(F)cc1)C(=O)O. The van der Waals surface area contributed by atoms with Crippen LogP contribution in [0.2, 0.25) is 0 Å². The van der Waals surface area contributed by atoms with Gasteiger partial charge in [-0.1, -0.05) is 25.5 Å². The van der Waals surface area contributed by atoms with Gasteiger partial charge >= 0.3 is 5.97 Å². The predicted octanol–water partition coefficient (Wildman–Crippen LogP) is 1.19. The lowest BCUT2D eigenvalue weighted by Gasteiger charge is -2.21. The Labute approximate surface area is 110 Å². The van der Waals surface area contributed by atoms with Gasteiger partial charge in [0.15, 0.2) is 0 Å². The third-order valence-corrected chi connectivity index (χ3v) is 2.73. The van der Waals surface area contributed by atoms with Crippen molar-refractivity contribution in [1.29, 1.82) is 0 Å². The molecule has 0 bridgehead atoms. The Morgan fingerprint density at radius 2 is 1.95 bits per heavy atom. The van der Waals surface area contributed by atoms with Gasteiger partial charge in [0.05, 0.1) is 0 Å². The van der Waals surface area contributed by atoms with Crippen molar-refractivity contribution in [3.63, 3.8) is 0 Å². The van der Waals surface area contributed by atoms with Crippen LogP contribution in [-0.4, -0.2) is 23.0 Å². The minimum absolute atomic E-state index is 0.375. The van der Waals surface area contributed by atoms with E-state index in [9.17, 15) is 14.0 Å². The number of hydrogen-bond acceptors (Lipinski definition) is 3. The molecule has 0 aliphatic heterocycles. The largest absolute Gasteiger partial charge is 0.480 e. The lowest BCUT2D eigenvalue weighted by atomic mass is 10.0. The maximum absolute atomic E-state index is 12.8. The first-order valence-electron chi connectivity index (χ1n) is 5.99. The molecule has 2 atom stereocenters. The number of rotatable bonds is 7. The number of aliphatic carboxylic acids is 1. The van der Waals surface area contributed by atoms with Crippen LogP contribution in [0.1, 0.15) is 31.4 Å². The van der Waals surface area contributed by atoms with E-state index >= 15 is 0 Å². The maximum Gasteiger partial charge on any atom is 0.320 e. The number of hydrogen-bond donors (Lipinski definition) is 3. The highest BCUT2D eigenvalue weighted by molar-refractivity contribution is 5.83. The minimum Gasteiger partial charge on any atom is -0.480 e. The summed E-state index contributed by atoms with van der Waals surface area (Å²) in [5, 5.41) is 11.7.